The molecule has 1 saturated carbocycles. The number of benzene rings is 1. The Balaban J connectivity index is 1.54. The summed E-state index contributed by atoms with van der Waals surface area (Å²) < 4.78 is 5.81. The molecule has 0 aromatic heterocycles. The summed E-state index contributed by atoms with van der Waals surface area (Å²) in [5.74, 6) is 1.98. The number of carbonyl (C=O) groups is 1. The van der Waals surface area contributed by atoms with Crippen LogP contribution in [0.15, 0.2) is 24.3 Å². The van der Waals surface area contributed by atoms with Crippen molar-refractivity contribution in [3.63, 3.8) is 0 Å². The molecule has 22 heavy (non-hydrogen) atoms. The molecule has 0 amide bonds. The summed E-state index contributed by atoms with van der Waals surface area (Å²) in [4.78, 5) is 15.5. The van der Waals surface area contributed by atoms with Gasteiger partial charge in [0.15, 0.2) is 0 Å². The highest BCUT2D eigenvalue weighted by Crippen LogP contribution is 2.54. The zero-order valence-electron chi connectivity index (χ0n) is 13.4. The van der Waals surface area contributed by atoms with Gasteiger partial charge in [0.25, 0.3) is 0 Å². The van der Waals surface area contributed by atoms with E-state index in [0.29, 0.717) is 11.7 Å². The smallest absolute Gasteiger partial charge is 0.317 e. The van der Waals surface area contributed by atoms with E-state index in [1.807, 2.05) is 31.2 Å². The highest BCUT2D eigenvalue weighted by molar-refractivity contribution is 5.80. The number of nitrogens with zero attached hydrogens (tertiary/aromatic N) is 1. The van der Waals surface area contributed by atoms with Crippen molar-refractivity contribution in [2.75, 3.05) is 19.6 Å². The normalized spacial score (nSPS) is 32.3. The van der Waals surface area contributed by atoms with Crippen molar-refractivity contribution in [3.05, 3.63) is 29.8 Å². The maximum Gasteiger partial charge on any atom is 0.317 e. The fraction of sp³-hybridized carbons (Fsp3) is 0.632. The van der Waals surface area contributed by atoms with E-state index in [1.54, 1.807) is 0 Å². The zero-order valence-corrected chi connectivity index (χ0v) is 13.4. The molecule has 3 heterocycles. The van der Waals surface area contributed by atoms with Crippen molar-refractivity contribution in [1.82, 2.24) is 4.90 Å². The Kier molecular flexibility index (Phi) is 3.48. The Morgan fingerprint density at radius 1 is 1.27 bits per heavy atom. The van der Waals surface area contributed by atoms with E-state index < -0.39 is 0 Å². The number of piperidine rings is 3. The topological polar surface area (TPSA) is 29.5 Å². The Hall–Kier alpha value is -1.35. The lowest BCUT2D eigenvalue weighted by Gasteiger charge is -2.55. The summed E-state index contributed by atoms with van der Waals surface area (Å²) in [6.45, 7) is 5.59. The first kappa shape index (κ1) is 14.3. The molecule has 1 aromatic carbocycles. The van der Waals surface area contributed by atoms with Gasteiger partial charge in [0, 0.05) is 6.54 Å². The molecular weight excluding hydrogens is 274 g/mol. The summed E-state index contributed by atoms with van der Waals surface area (Å²) >= 11 is 0. The fourth-order valence-corrected chi connectivity index (χ4v) is 4.76. The van der Waals surface area contributed by atoms with E-state index in [1.165, 1.54) is 32.4 Å². The molecule has 5 rings (SSSR count). The number of fused-ring (bicyclic) bond motifs is 3. The van der Waals surface area contributed by atoms with Crippen molar-refractivity contribution in [1.29, 1.82) is 0 Å². The second kappa shape index (κ2) is 5.38. The quantitative estimate of drug-likeness (QED) is 0.633. The highest BCUT2D eigenvalue weighted by atomic mass is 16.5. The van der Waals surface area contributed by atoms with Crippen LogP contribution in [0.25, 0.3) is 0 Å². The molecule has 0 N–H and O–H groups in total. The highest BCUT2D eigenvalue weighted by Gasteiger charge is 2.56. The third-order valence-electron chi connectivity index (χ3n) is 6.22. The van der Waals surface area contributed by atoms with Crippen LogP contribution in [-0.2, 0) is 4.79 Å². The van der Waals surface area contributed by atoms with Gasteiger partial charge >= 0.3 is 5.97 Å². The van der Waals surface area contributed by atoms with Gasteiger partial charge in [-0.3, -0.25) is 4.79 Å². The number of hydrogen-bond donors (Lipinski definition) is 0. The Morgan fingerprint density at radius 3 is 2.59 bits per heavy atom. The minimum absolute atomic E-state index is 0.0306. The molecule has 4 fully saturated rings. The largest absolute Gasteiger partial charge is 0.426 e. The standard InChI is InChI=1S/C19H25NO2/c1-14-4-2-5-16(12-14)22-18(21)19(8-3-9-19)17-13-20-10-6-15(17)7-11-20/h2,4-5,12,15,17H,3,6-11,13H2,1H3. The van der Waals surface area contributed by atoms with E-state index in [4.69, 9.17) is 4.74 Å². The average molecular weight is 299 g/mol. The lowest BCUT2D eigenvalue weighted by atomic mass is 9.55. The van der Waals surface area contributed by atoms with Crippen molar-refractivity contribution in [2.24, 2.45) is 17.3 Å². The molecule has 2 bridgehead atoms. The summed E-state index contributed by atoms with van der Waals surface area (Å²) in [5, 5.41) is 0. The van der Waals surface area contributed by atoms with Crippen LogP contribution in [0.2, 0.25) is 0 Å². The molecule has 0 radical (unpaired) electrons. The van der Waals surface area contributed by atoms with Crippen LogP contribution in [0.3, 0.4) is 0 Å². The number of aryl methyl sites for hydroxylation is 1. The van der Waals surface area contributed by atoms with Gasteiger partial charge in [-0.15, -0.1) is 0 Å². The van der Waals surface area contributed by atoms with Gasteiger partial charge in [-0.25, -0.2) is 0 Å². The molecule has 1 atom stereocenters. The molecule has 0 spiro atoms. The van der Waals surface area contributed by atoms with Crippen LogP contribution >= 0.6 is 0 Å². The van der Waals surface area contributed by atoms with Crippen LogP contribution in [0, 0.1) is 24.2 Å². The minimum Gasteiger partial charge on any atom is -0.426 e. The molecule has 3 heteroatoms. The van der Waals surface area contributed by atoms with Crippen LogP contribution in [-0.4, -0.2) is 30.5 Å². The van der Waals surface area contributed by atoms with Gasteiger partial charge in [-0.05, 0) is 75.2 Å². The number of rotatable bonds is 3. The second-order valence-corrected chi connectivity index (χ2v) is 7.46. The van der Waals surface area contributed by atoms with Gasteiger partial charge < -0.3 is 9.64 Å². The molecule has 1 aromatic rings. The van der Waals surface area contributed by atoms with E-state index in [0.717, 1.165) is 30.9 Å². The van der Waals surface area contributed by atoms with E-state index in [-0.39, 0.29) is 11.4 Å². The lowest BCUT2D eigenvalue weighted by Crippen LogP contribution is -2.58. The van der Waals surface area contributed by atoms with Gasteiger partial charge in [0.1, 0.15) is 5.75 Å². The van der Waals surface area contributed by atoms with Crippen molar-refractivity contribution in [2.45, 2.75) is 39.0 Å². The molecule has 3 saturated heterocycles. The molecule has 3 nitrogen and oxygen atoms in total. The van der Waals surface area contributed by atoms with Crippen LogP contribution < -0.4 is 4.74 Å². The number of carbonyl (C=O) groups excluding carboxylic acids is 1. The molecular formula is C19H25NO2. The summed E-state index contributed by atoms with van der Waals surface area (Å²) in [7, 11) is 0. The third kappa shape index (κ3) is 2.26. The predicted octanol–water partition coefficient (Wildman–Crippen LogP) is 3.41. The van der Waals surface area contributed by atoms with Gasteiger partial charge in [-0.2, -0.15) is 0 Å². The number of esters is 1. The zero-order chi connectivity index (χ0) is 15.2. The molecule has 4 aliphatic rings. The monoisotopic (exact) mass is 299 g/mol. The van der Waals surface area contributed by atoms with E-state index in [9.17, 15) is 4.79 Å². The summed E-state index contributed by atoms with van der Waals surface area (Å²) in [5.41, 5.74) is 0.934. The van der Waals surface area contributed by atoms with E-state index in [2.05, 4.69) is 4.90 Å². The van der Waals surface area contributed by atoms with Gasteiger partial charge in [0.05, 0.1) is 5.41 Å². The molecule has 3 aliphatic heterocycles. The lowest BCUT2D eigenvalue weighted by molar-refractivity contribution is -0.165. The van der Waals surface area contributed by atoms with Crippen LogP contribution in [0.5, 0.6) is 5.75 Å². The van der Waals surface area contributed by atoms with Crippen LogP contribution in [0.1, 0.15) is 37.7 Å². The van der Waals surface area contributed by atoms with Crippen molar-refractivity contribution < 1.29 is 9.53 Å². The molecule has 118 valence electrons. The van der Waals surface area contributed by atoms with Crippen LogP contribution in [0.4, 0.5) is 0 Å². The second-order valence-electron chi connectivity index (χ2n) is 7.46. The Morgan fingerprint density at radius 2 is 2.05 bits per heavy atom. The Labute approximate surface area is 132 Å². The number of hydrogen-bond acceptors (Lipinski definition) is 3. The first-order valence-electron chi connectivity index (χ1n) is 8.69. The first-order chi connectivity index (χ1) is 10.7. The molecule has 1 unspecified atom stereocenters. The first-order valence-corrected chi connectivity index (χ1v) is 8.69. The summed E-state index contributed by atoms with van der Waals surface area (Å²) in [6, 6.07) is 7.85. The maximum atomic E-state index is 13.0. The maximum absolute atomic E-state index is 13.0. The SMILES string of the molecule is Cc1cccc(OC(=O)C2(C3CN4CCC3CC4)CCC2)c1. The van der Waals surface area contributed by atoms with Crippen molar-refractivity contribution >= 4 is 5.97 Å². The number of ether oxygens (including phenoxy) is 1. The van der Waals surface area contributed by atoms with Gasteiger partial charge in [-0.1, -0.05) is 18.6 Å². The summed E-state index contributed by atoms with van der Waals surface area (Å²) in [6.07, 6.45) is 5.75. The van der Waals surface area contributed by atoms with Gasteiger partial charge in [0.2, 0.25) is 0 Å². The average Bonchev–Trinajstić information content (AvgIpc) is 2.47. The third-order valence-corrected chi connectivity index (χ3v) is 6.22. The molecule has 1 aliphatic carbocycles. The minimum atomic E-state index is -0.201. The Bertz CT molecular complexity index is 571. The fourth-order valence-electron chi connectivity index (χ4n) is 4.76. The predicted molar refractivity (Wildman–Crippen MR) is 85.8 cm³/mol. The van der Waals surface area contributed by atoms with Crippen molar-refractivity contribution in [3.8, 4) is 5.75 Å². The van der Waals surface area contributed by atoms with E-state index >= 15 is 0 Å².